The Labute approximate surface area is 174 Å². The molecule has 7 heteroatoms. The van der Waals surface area contributed by atoms with Gasteiger partial charge < -0.3 is 14.2 Å². The number of ether oxygens (including phenoxy) is 3. The SMILES string of the molecule is COc1cc(/C=C2/CCC/C(=C/c3ccc([N+](=O)[O-])cc3)C2=O)cc(OC)c1OC. The third-order valence-electron chi connectivity index (χ3n) is 4.95. The molecule has 2 aromatic rings. The number of methoxy groups -OCH3 is 3. The van der Waals surface area contributed by atoms with Gasteiger partial charge in [-0.2, -0.15) is 0 Å². The number of benzene rings is 2. The fourth-order valence-electron chi connectivity index (χ4n) is 3.46. The van der Waals surface area contributed by atoms with Crippen molar-refractivity contribution in [3.63, 3.8) is 0 Å². The van der Waals surface area contributed by atoms with Crippen molar-refractivity contribution in [2.24, 2.45) is 0 Å². The second-order valence-electron chi connectivity index (χ2n) is 6.83. The van der Waals surface area contributed by atoms with Crippen molar-refractivity contribution >= 4 is 23.6 Å². The van der Waals surface area contributed by atoms with Crippen LogP contribution in [0.25, 0.3) is 12.2 Å². The molecule has 0 spiro atoms. The first-order chi connectivity index (χ1) is 14.5. The van der Waals surface area contributed by atoms with Crippen molar-refractivity contribution in [2.45, 2.75) is 19.3 Å². The lowest BCUT2D eigenvalue weighted by molar-refractivity contribution is -0.384. The maximum absolute atomic E-state index is 13.0. The molecule has 30 heavy (non-hydrogen) atoms. The van der Waals surface area contributed by atoms with Crippen molar-refractivity contribution in [3.05, 3.63) is 68.8 Å². The van der Waals surface area contributed by atoms with Gasteiger partial charge in [0.15, 0.2) is 17.3 Å². The number of nitro benzene ring substituents is 1. The summed E-state index contributed by atoms with van der Waals surface area (Å²) < 4.78 is 16.1. The van der Waals surface area contributed by atoms with Crippen LogP contribution in [0.3, 0.4) is 0 Å². The van der Waals surface area contributed by atoms with E-state index in [0.717, 1.165) is 17.5 Å². The van der Waals surface area contributed by atoms with E-state index < -0.39 is 4.92 Å². The molecule has 0 N–H and O–H groups in total. The zero-order valence-electron chi connectivity index (χ0n) is 17.1. The van der Waals surface area contributed by atoms with Gasteiger partial charge in [0.2, 0.25) is 5.75 Å². The van der Waals surface area contributed by atoms with Gasteiger partial charge in [-0.25, -0.2) is 0 Å². The molecule has 2 aromatic carbocycles. The van der Waals surface area contributed by atoms with Crippen molar-refractivity contribution < 1.29 is 23.9 Å². The van der Waals surface area contributed by atoms with Crippen LogP contribution in [0.1, 0.15) is 30.4 Å². The number of rotatable bonds is 6. The van der Waals surface area contributed by atoms with Crippen LogP contribution in [0.5, 0.6) is 17.2 Å². The summed E-state index contributed by atoms with van der Waals surface area (Å²) in [6.07, 6.45) is 5.83. The smallest absolute Gasteiger partial charge is 0.269 e. The lowest BCUT2D eigenvalue weighted by Gasteiger charge is -2.17. The Morgan fingerprint density at radius 3 is 1.87 bits per heavy atom. The first kappa shape index (κ1) is 21.1. The number of hydrogen-bond donors (Lipinski definition) is 0. The number of carbonyl (C=O) groups is 1. The normalized spacial score (nSPS) is 16.6. The monoisotopic (exact) mass is 409 g/mol. The zero-order valence-corrected chi connectivity index (χ0v) is 17.1. The molecule has 0 bridgehead atoms. The topological polar surface area (TPSA) is 87.9 Å². The molecule has 7 nitrogen and oxygen atoms in total. The summed E-state index contributed by atoms with van der Waals surface area (Å²) in [5.41, 5.74) is 2.95. The molecule has 0 saturated heterocycles. The quantitative estimate of drug-likeness (QED) is 0.385. The highest BCUT2D eigenvalue weighted by Gasteiger charge is 2.21. The van der Waals surface area contributed by atoms with Crippen molar-refractivity contribution in [1.29, 1.82) is 0 Å². The fourth-order valence-corrected chi connectivity index (χ4v) is 3.46. The van der Waals surface area contributed by atoms with E-state index in [1.807, 2.05) is 6.08 Å². The zero-order chi connectivity index (χ0) is 21.7. The van der Waals surface area contributed by atoms with E-state index in [1.165, 1.54) is 12.1 Å². The summed E-state index contributed by atoms with van der Waals surface area (Å²) in [4.78, 5) is 23.4. The lowest BCUT2D eigenvalue weighted by Crippen LogP contribution is -2.12. The first-order valence-corrected chi connectivity index (χ1v) is 9.47. The number of nitro groups is 1. The summed E-state index contributed by atoms with van der Waals surface area (Å²) >= 11 is 0. The third kappa shape index (κ3) is 4.51. The van der Waals surface area contributed by atoms with Crippen LogP contribution in [0.15, 0.2) is 47.5 Å². The average molecular weight is 409 g/mol. The van der Waals surface area contributed by atoms with Crippen LogP contribution >= 0.6 is 0 Å². The third-order valence-corrected chi connectivity index (χ3v) is 4.95. The van der Waals surface area contributed by atoms with E-state index in [4.69, 9.17) is 14.2 Å². The molecular formula is C23H23NO6. The Kier molecular flexibility index (Phi) is 6.51. The van der Waals surface area contributed by atoms with Crippen LogP contribution in [0, 0.1) is 10.1 Å². The molecule has 1 aliphatic carbocycles. The molecule has 1 aliphatic rings. The molecule has 0 amide bonds. The lowest BCUT2D eigenvalue weighted by atomic mass is 9.87. The largest absolute Gasteiger partial charge is 0.493 e. The summed E-state index contributed by atoms with van der Waals surface area (Å²) in [7, 11) is 4.63. The minimum absolute atomic E-state index is 0.0200. The number of allylic oxidation sites excluding steroid dienone is 2. The van der Waals surface area contributed by atoms with E-state index in [0.29, 0.717) is 41.2 Å². The summed E-state index contributed by atoms with van der Waals surface area (Å²) in [6, 6.07) is 9.77. The molecule has 0 unspecified atom stereocenters. The van der Waals surface area contributed by atoms with Crippen LogP contribution < -0.4 is 14.2 Å². The van der Waals surface area contributed by atoms with Gasteiger partial charge in [0, 0.05) is 23.3 Å². The van der Waals surface area contributed by atoms with Crippen molar-refractivity contribution in [1.82, 2.24) is 0 Å². The van der Waals surface area contributed by atoms with Gasteiger partial charge in [-0.15, -0.1) is 0 Å². The highest BCUT2D eigenvalue weighted by molar-refractivity contribution is 6.14. The molecule has 1 saturated carbocycles. The molecule has 156 valence electrons. The fraction of sp³-hybridized carbons (Fsp3) is 0.261. The minimum atomic E-state index is -0.444. The Bertz CT molecular complexity index is 995. The van der Waals surface area contributed by atoms with Gasteiger partial charge in [0.05, 0.1) is 26.3 Å². The average Bonchev–Trinajstić information content (AvgIpc) is 2.76. The van der Waals surface area contributed by atoms with E-state index in [-0.39, 0.29) is 11.5 Å². The maximum atomic E-state index is 13.0. The van der Waals surface area contributed by atoms with E-state index >= 15 is 0 Å². The van der Waals surface area contributed by atoms with E-state index in [1.54, 1.807) is 51.7 Å². The highest BCUT2D eigenvalue weighted by atomic mass is 16.6. The van der Waals surface area contributed by atoms with Gasteiger partial charge in [-0.1, -0.05) is 0 Å². The van der Waals surface area contributed by atoms with Crippen LogP contribution in [0.2, 0.25) is 0 Å². The van der Waals surface area contributed by atoms with Gasteiger partial charge in [-0.3, -0.25) is 14.9 Å². The highest BCUT2D eigenvalue weighted by Crippen LogP contribution is 2.39. The van der Waals surface area contributed by atoms with Crippen molar-refractivity contribution in [2.75, 3.05) is 21.3 Å². The Morgan fingerprint density at radius 2 is 1.40 bits per heavy atom. The minimum Gasteiger partial charge on any atom is -0.493 e. The number of ketones is 1. The predicted octanol–water partition coefficient (Wildman–Crippen LogP) is 4.84. The second kappa shape index (κ2) is 9.26. The van der Waals surface area contributed by atoms with Gasteiger partial charge >= 0.3 is 0 Å². The summed E-state index contributed by atoms with van der Waals surface area (Å²) in [6.45, 7) is 0. The summed E-state index contributed by atoms with van der Waals surface area (Å²) in [5.74, 6) is 1.52. The maximum Gasteiger partial charge on any atom is 0.269 e. The van der Waals surface area contributed by atoms with E-state index in [9.17, 15) is 14.9 Å². The molecule has 0 aliphatic heterocycles. The number of non-ortho nitro benzene ring substituents is 1. The first-order valence-electron chi connectivity index (χ1n) is 9.47. The number of hydrogen-bond acceptors (Lipinski definition) is 6. The molecule has 0 aromatic heterocycles. The molecule has 0 heterocycles. The molecule has 0 atom stereocenters. The Balaban J connectivity index is 1.91. The van der Waals surface area contributed by atoms with Crippen molar-refractivity contribution in [3.8, 4) is 17.2 Å². The van der Waals surface area contributed by atoms with Crippen LogP contribution in [-0.4, -0.2) is 32.0 Å². The second-order valence-corrected chi connectivity index (χ2v) is 6.83. The standard InChI is InChI=1S/C23H23NO6/c1-28-20-13-16(14-21(29-2)23(20)30-3)12-18-6-4-5-17(22(18)25)11-15-7-9-19(10-8-15)24(26)27/h7-14H,4-6H2,1-3H3/b17-11-,18-12-. The number of carbonyl (C=O) groups excluding carboxylic acids is 1. The molecule has 3 rings (SSSR count). The molecule has 1 fully saturated rings. The van der Waals surface area contributed by atoms with E-state index in [2.05, 4.69) is 0 Å². The van der Waals surface area contributed by atoms with Crippen LogP contribution in [-0.2, 0) is 4.79 Å². The van der Waals surface area contributed by atoms with Crippen LogP contribution in [0.4, 0.5) is 5.69 Å². The molecular weight excluding hydrogens is 386 g/mol. The predicted molar refractivity (Wildman–Crippen MR) is 114 cm³/mol. The Hall–Kier alpha value is -3.61. The molecule has 0 radical (unpaired) electrons. The van der Waals surface area contributed by atoms with Gasteiger partial charge in [-0.05, 0) is 66.8 Å². The van der Waals surface area contributed by atoms with Gasteiger partial charge in [0.25, 0.3) is 5.69 Å². The number of Topliss-reactive ketones (excluding diaryl/α,β-unsaturated/α-hetero) is 1. The van der Waals surface area contributed by atoms with Gasteiger partial charge in [0.1, 0.15) is 0 Å². The Morgan fingerprint density at radius 1 is 0.867 bits per heavy atom. The summed E-state index contributed by atoms with van der Waals surface area (Å²) in [5, 5.41) is 10.8. The number of nitrogens with zero attached hydrogens (tertiary/aromatic N) is 1.